The van der Waals surface area contributed by atoms with Crippen LogP contribution in [0.25, 0.3) is 22.1 Å². The van der Waals surface area contributed by atoms with Gasteiger partial charge in [-0.3, -0.25) is 38.3 Å². The highest BCUT2D eigenvalue weighted by Crippen LogP contribution is 2.48. The number of carbonyl (C=O) groups is 1. The third-order valence-corrected chi connectivity index (χ3v) is 9.52. The van der Waals surface area contributed by atoms with Gasteiger partial charge in [0.15, 0.2) is 28.6 Å². The Kier molecular flexibility index (Phi) is 12.3. The lowest BCUT2D eigenvalue weighted by Gasteiger charge is -2.25. The van der Waals surface area contributed by atoms with E-state index in [-0.39, 0.29) is 46.0 Å². The first-order valence-electron chi connectivity index (χ1n) is 16.9. The SMILES string of the molecule is CCC(=O)Nc1nc2c(ncn2[C@@H]2O[C@H](COP(=O)(O)OCc3coc4cc(OC)ccc4c3=O)[C@H]3OC(C)(C)O[C@H]32)c(=O)[nH]1.CCN(CC)CC. The number of carbonyl (C=O) groups excluding carboxylic acids is 1. The Morgan fingerprint density at radius 3 is 2.48 bits per heavy atom. The largest absolute Gasteiger partial charge is 0.497 e. The number of benzene rings is 1. The molecule has 1 amide bonds. The van der Waals surface area contributed by atoms with Gasteiger partial charge in [-0.15, -0.1) is 0 Å². The number of H-pyrrole nitrogens is 1. The summed E-state index contributed by atoms with van der Waals surface area (Å²) in [6.45, 7) is 14.1. The van der Waals surface area contributed by atoms with Gasteiger partial charge in [0, 0.05) is 12.5 Å². The lowest BCUT2D eigenvalue weighted by Crippen LogP contribution is -2.32. The van der Waals surface area contributed by atoms with Crippen LogP contribution in [0.15, 0.2) is 44.8 Å². The van der Waals surface area contributed by atoms with E-state index in [2.05, 4.69) is 45.9 Å². The number of anilines is 1. The van der Waals surface area contributed by atoms with Gasteiger partial charge in [-0.25, -0.2) is 9.55 Å². The molecule has 4 aromatic rings. The van der Waals surface area contributed by atoms with Crippen LogP contribution in [0.2, 0.25) is 0 Å². The fourth-order valence-corrected chi connectivity index (χ4v) is 6.52. The number of ether oxygens (including phenoxy) is 4. The molecular formula is C33H45N6O12P. The average Bonchev–Trinajstić information content (AvgIpc) is 3.78. The van der Waals surface area contributed by atoms with Crippen LogP contribution in [0, 0.1) is 0 Å². The van der Waals surface area contributed by atoms with Gasteiger partial charge in [-0.1, -0.05) is 27.7 Å². The molecular weight excluding hydrogens is 703 g/mol. The molecule has 3 aromatic heterocycles. The lowest BCUT2D eigenvalue weighted by atomic mass is 10.1. The van der Waals surface area contributed by atoms with Crippen LogP contribution >= 0.6 is 7.82 Å². The minimum Gasteiger partial charge on any atom is -0.497 e. The van der Waals surface area contributed by atoms with Gasteiger partial charge in [-0.2, -0.15) is 4.98 Å². The van der Waals surface area contributed by atoms with Gasteiger partial charge >= 0.3 is 7.82 Å². The third-order valence-electron chi connectivity index (χ3n) is 8.59. The molecule has 1 aromatic carbocycles. The van der Waals surface area contributed by atoms with E-state index in [9.17, 15) is 23.8 Å². The van der Waals surface area contributed by atoms with E-state index in [1.165, 1.54) is 43.7 Å². The van der Waals surface area contributed by atoms with Crippen LogP contribution in [-0.4, -0.2) is 92.7 Å². The number of fused-ring (bicyclic) bond motifs is 3. The molecule has 284 valence electrons. The van der Waals surface area contributed by atoms with Crippen LogP contribution in [-0.2, 0) is 39.2 Å². The molecule has 6 rings (SSSR count). The van der Waals surface area contributed by atoms with E-state index in [1.54, 1.807) is 32.9 Å². The molecule has 0 saturated carbocycles. The molecule has 2 fully saturated rings. The lowest BCUT2D eigenvalue weighted by molar-refractivity contribution is -0.199. The monoisotopic (exact) mass is 748 g/mol. The third kappa shape index (κ3) is 8.78. The molecule has 0 aliphatic carbocycles. The number of aromatic nitrogens is 4. The van der Waals surface area contributed by atoms with Gasteiger partial charge in [-0.05, 0) is 45.6 Å². The molecule has 1 unspecified atom stereocenters. The van der Waals surface area contributed by atoms with E-state index in [0.29, 0.717) is 5.75 Å². The number of aromatic amines is 1. The maximum atomic E-state index is 12.9. The number of phosphoric acid groups is 1. The van der Waals surface area contributed by atoms with Crippen LogP contribution in [0.1, 0.15) is 59.8 Å². The van der Waals surface area contributed by atoms with Crippen LogP contribution in [0.3, 0.4) is 0 Å². The zero-order valence-electron chi connectivity index (χ0n) is 30.1. The van der Waals surface area contributed by atoms with Crippen molar-refractivity contribution < 1.29 is 46.7 Å². The molecule has 0 radical (unpaired) electrons. The van der Waals surface area contributed by atoms with Crippen molar-refractivity contribution in [3.05, 3.63) is 56.9 Å². The number of amides is 1. The maximum absolute atomic E-state index is 12.9. The molecule has 2 aliphatic rings. The molecule has 2 aliphatic heterocycles. The molecule has 19 heteroatoms. The predicted octanol–water partition coefficient (Wildman–Crippen LogP) is 3.68. The van der Waals surface area contributed by atoms with Gasteiger partial charge < -0.3 is 33.2 Å². The average molecular weight is 749 g/mol. The van der Waals surface area contributed by atoms with E-state index in [4.69, 9.17) is 32.4 Å². The molecule has 0 bridgehead atoms. The van der Waals surface area contributed by atoms with Gasteiger partial charge in [0.05, 0.1) is 37.6 Å². The topological polar surface area (TPSA) is 219 Å². The van der Waals surface area contributed by atoms with E-state index in [1.807, 2.05) is 0 Å². The predicted molar refractivity (Wildman–Crippen MR) is 188 cm³/mol. The fourth-order valence-electron chi connectivity index (χ4n) is 5.81. The molecule has 0 spiro atoms. The van der Waals surface area contributed by atoms with Crippen molar-refractivity contribution >= 4 is 41.8 Å². The Balaban J connectivity index is 0.000000679. The summed E-state index contributed by atoms with van der Waals surface area (Å²) in [6, 6.07) is 4.65. The van der Waals surface area contributed by atoms with E-state index < -0.39 is 62.4 Å². The summed E-state index contributed by atoms with van der Waals surface area (Å²) in [7, 11) is -3.23. The zero-order chi connectivity index (χ0) is 37.8. The van der Waals surface area contributed by atoms with Gasteiger partial charge in [0.1, 0.15) is 35.9 Å². The highest BCUT2D eigenvalue weighted by atomic mass is 31.2. The van der Waals surface area contributed by atoms with Gasteiger partial charge in [0.2, 0.25) is 11.9 Å². The minimum absolute atomic E-state index is 0.000955. The van der Waals surface area contributed by atoms with Crippen LogP contribution in [0.4, 0.5) is 5.95 Å². The summed E-state index contributed by atoms with van der Waals surface area (Å²) in [4.78, 5) is 61.1. The molecule has 52 heavy (non-hydrogen) atoms. The summed E-state index contributed by atoms with van der Waals surface area (Å²) < 4.78 is 53.5. The number of hydrogen-bond acceptors (Lipinski definition) is 14. The fraction of sp³-hybridized carbons (Fsp3) is 0.545. The number of methoxy groups -OCH3 is 1. The number of nitrogens with one attached hydrogen (secondary N) is 2. The van der Waals surface area contributed by atoms with Crippen molar-refractivity contribution in [2.24, 2.45) is 0 Å². The Bertz CT molecular complexity index is 2040. The van der Waals surface area contributed by atoms with Crippen molar-refractivity contribution in [1.82, 2.24) is 24.4 Å². The van der Waals surface area contributed by atoms with Crippen molar-refractivity contribution in [3.8, 4) is 5.75 Å². The molecule has 2 saturated heterocycles. The Morgan fingerprint density at radius 1 is 1.12 bits per heavy atom. The molecule has 18 nitrogen and oxygen atoms in total. The highest BCUT2D eigenvalue weighted by molar-refractivity contribution is 7.47. The second kappa shape index (κ2) is 16.3. The Hall–Kier alpha value is -4.00. The summed E-state index contributed by atoms with van der Waals surface area (Å²) >= 11 is 0. The van der Waals surface area contributed by atoms with Gasteiger partial charge in [0.25, 0.3) is 5.56 Å². The van der Waals surface area contributed by atoms with E-state index >= 15 is 0 Å². The van der Waals surface area contributed by atoms with Crippen LogP contribution in [0.5, 0.6) is 5.75 Å². The first kappa shape index (κ1) is 39.2. The molecule has 3 N–H and O–H groups in total. The number of imidazole rings is 1. The first-order chi connectivity index (χ1) is 24.7. The minimum atomic E-state index is -4.71. The van der Waals surface area contributed by atoms with Crippen molar-refractivity contribution in [2.45, 2.75) is 84.9 Å². The standard InChI is InChI=1S/C27H30N5O12P.C6H15N/c1-5-18(33)29-26-30-23-19(24(35)31-26)28-12-32(23)25-22-21(43-27(2,3)44-22)17(42-25)11-41-45(36,37)40-10-13-9-39-16-8-14(38-4)6-7-15(16)20(13)34;1-4-7(5-2)6-3/h6-9,12,17,21-22,25H,5,10-11H2,1-4H3,(H,36,37)(H2,29,30,31,33,35);4-6H2,1-3H3/t17-,21-,22-,25-;/m1./s1. The van der Waals surface area contributed by atoms with Crippen molar-refractivity contribution in [2.75, 3.05) is 38.7 Å². The Morgan fingerprint density at radius 2 is 1.83 bits per heavy atom. The summed E-state index contributed by atoms with van der Waals surface area (Å²) in [5.74, 6) is -0.981. The number of phosphoric ester groups is 1. The first-order valence-corrected chi connectivity index (χ1v) is 18.4. The quantitative estimate of drug-likeness (QED) is 0.166. The van der Waals surface area contributed by atoms with E-state index in [0.717, 1.165) is 6.26 Å². The number of rotatable bonds is 13. The van der Waals surface area contributed by atoms with Crippen molar-refractivity contribution in [3.63, 3.8) is 0 Å². The maximum Gasteiger partial charge on any atom is 0.472 e. The summed E-state index contributed by atoms with van der Waals surface area (Å²) in [6.07, 6.45) is -0.775. The van der Waals surface area contributed by atoms with Crippen molar-refractivity contribution in [1.29, 1.82) is 0 Å². The highest BCUT2D eigenvalue weighted by Gasteiger charge is 2.56. The van der Waals surface area contributed by atoms with Crippen LogP contribution < -0.4 is 21.0 Å². The smallest absolute Gasteiger partial charge is 0.472 e. The summed E-state index contributed by atoms with van der Waals surface area (Å²) in [5, 5.41) is 2.75. The number of nitrogens with zero attached hydrogens (tertiary/aromatic N) is 4. The second-order valence-corrected chi connectivity index (χ2v) is 13.8. The second-order valence-electron chi connectivity index (χ2n) is 12.4. The zero-order valence-corrected chi connectivity index (χ0v) is 31.0. The number of hydrogen-bond donors (Lipinski definition) is 3. The Labute approximate surface area is 298 Å². The normalized spacial score (nSPS) is 21.9. The molecule has 5 heterocycles. The summed E-state index contributed by atoms with van der Waals surface area (Å²) in [5.41, 5.74) is -0.647. The molecule has 5 atom stereocenters.